The predicted molar refractivity (Wildman–Crippen MR) is 122 cm³/mol. The summed E-state index contributed by atoms with van der Waals surface area (Å²) in [5.74, 6) is 1.32. The maximum atomic E-state index is 7.00. The Hall–Kier alpha value is -0.780. The zero-order chi connectivity index (χ0) is 20.1. The van der Waals surface area contributed by atoms with Crippen LogP contribution in [0.5, 0.6) is 0 Å². The number of benzene rings is 2. The average Bonchev–Trinajstić information content (AvgIpc) is 2.67. The summed E-state index contributed by atoms with van der Waals surface area (Å²) >= 11 is 0. The van der Waals surface area contributed by atoms with E-state index >= 15 is 0 Å². The van der Waals surface area contributed by atoms with Crippen molar-refractivity contribution in [3.63, 3.8) is 0 Å². The van der Waals surface area contributed by atoms with Crippen LogP contribution >= 0.6 is 0 Å². The average molecular weight is 421 g/mol. The van der Waals surface area contributed by atoms with Crippen LogP contribution < -0.4 is 0 Å². The molecule has 0 bridgehead atoms. The summed E-state index contributed by atoms with van der Waals surface area (Å²) in [5.41, 5.74) is 8.66. The molecule has 5 heteroatoms. The van der Waals surface area contributed by atoms with Crippen molar-refractivity contribution in [3.8, 4) is 0 Å². The first-order valence-electron chi connectivity index (χ1n) is 8.27. The fourth-order valence-corrected chi connectivity index (χ4v) is 1.68. The quantitative estimate of drug-likeness (QED) is 0.470. The molecule has 0 saturated carbocycles. The second-order valence-corrected chi connectivity index (χ2v) is 5.35. The van der Waals surface area contributed by atoms with E-state index in [1.165, 1.54) is 18.2 Å². The van der Waals surface area contributed by atoms with Gasteiger partial charge in [-0.2, -0.15) is 0 Å². The number of nitrogens with zero attached hydrogens (tertiary/aromatic N) is 1. The van der Waals surface area contributed by atoms with Gasteiger partial charge in [0.15, 0.2) is 0 Å². The molecular formula is C23H44ArN2O2. The summed E-state index contributed by atoms with van der Waals surface area (Å²) in [7, 11) is 3.42. The zero-order valence-corrected chi connectivity index (χ0v) is 17.8. The third-order valence-electron chi connectivity index (χ3n) is 2.93. The molecular weight excluding hydrogens is 376 g/mol. The molecule has 0 aromatic heterocycles. The Morgan fingerprint density at radius 3 is 0.929 bits per heavy atom. The second kappa shape index (κ2) is 33.8. The Morgan fingerprint density at radius 1 is 0.643 bits per heavy atom. The number of aliphatic hydroxyl groups excluding tert-OH is 2. The molecule has 0 radical (unpaired) electrons. The molecule has 2 aromatic carbocycles. The monoisotopic (exact) mass is 420 g/mol. The van der Waals surface area contributed by atoms with Crippen LogP contribution in [0.2, 0.25) is 0 Å². The second-order valence-electron chi connectivity index (χ2n) is 5.35. The smallest absolute Gasteiger partial charge is 0.0485 e. The summed E-state index contributed by atoms with van der Waals surface area (Å²) in [4.78, 5) is 0. The summed E-state index contributed by atoms with van der Waals surface area (Å²) in [6.07, 6.45) is 0. The van der Waals surface area contributed by atoms with Crippen LogP contribution in [0.4, 0.5) is 0 Å². The Labute approximate surface area is 204 Å². The normalized spacial score (nSPS) is 7.39. The van der Waals surface area contributed by atoms with E-state index in [0.29, 0.717) is 11.8 Å². The van der Waals surface area contributed by atoms with Crippen LogP contribution in [0.25, 0.3) is 0 Å². The summed E-state index contributed by atoms with van der Waals surface area (Å²) in [5, 5.41) is 16.8. The Bertz CT molecular complexity index is 435. The van der Waals surface area contributed by atoms with Crippen molar-refractivity contribution in [2.45, 2.75) is 54.4 Å². The molecule has 0 aliphatic rings. The van der Waals surface area contributed by atoms with Crippen molar-refractivity contribution in [1.82, 2.24) is 0 Å². The van der Waals surface area contributed by atoms with Gasteiger partial charge >= 0.3 is 0 Å². The Kier molecular flexibility index (Phi) is 50.1. The van der Waals surface area contributed by atoms with E-state index in [0.717, 1.165) is 14.2 Å². The molecule has 0 aliphatic carbocycles. The van der Waals surface area contributed by atoms with Gasteiger partial charge in [0.1, 0.15) is 0 Å². The summed E-state index contributed by atoms with van der Waals surface area (Å²) in [6.45, 7) is 8.81. The SMILES string of the molecule is C.C.CC(C)c1ccccc1.CC(C)c1ccccc1.CN=N.CO.CO.[Ar]. The Morgan fingerprint density at radius 2 is 0.821 bits per heavy atom. The van der Waals surface area contributed by atoms with Crippen molar-refractivity contribution in [3.05, 3.63) is 71.8 Å². The molecule has 4 nitrogen and oxygen atoms in total. The Balaban J connectivity index is -0.0000000607. The molecule has 0 heterocycles. The van der Waals surface area contributed by atoms with Gasteiger partial charge in [0.25, 0.3) is 0 Å². The van der Waals surface area contributed by atoms with Gasteiger partial charge in [-0.25, -0.2) is 10.6 Å². The molecule has 0 fully saturated rings. The molecule has 0 unspecified atom stereocenters. The largest absolute Gasteiger partial charge is 0.400 e. The van der Waals surface area contributed by atoms with Gasteiger partial charge in [0.05, 0.1) is 0 Å². The third kappa shape index (κ3) is 27.4. The van der Waals surface area contributed by atoms with E-state index in [9.17, 15) is 0 Å². The molecule has 0 spiro atoms. The van der Waals surface area contributed by atoms with Gasteiger partial charge in [-0.15, -0.1) is 0 Å². The van der Waals surface area contributed by atoms with E-state index < -0.39 is 0 Å². The van der Waals surface area contributed by atoms with Crippen LogP contribution in [0.3, 0.4) is 0 Å². The van der Waals surface area contributed by atoms with Gasteiger partial charge in [0, 0.05) is 59.0 Å². The number of nitrogens with one attached hydrogen (secondary N) is 1. The molecule has 2 rings (SSSR count). The van der Waals surface area contributed by atoms with E-state index in [-0.39, 0.29) is 52.6 Å². The van der Waals surface area contributed by atoms with Crippen molar-refractivity contribution in [2.75, 3.05) is 21.3 Å². The van der Waals surface area contributed by atoms with Crippen LogP contribution in [0.1, 0.15) is 65.5 Å². The number of hydrogen-bond donors (Lipinski definition) is 3. The van der Waals surface area contributed by atoms with E-state index in [2.05, 4.69) is 81.3 Å². The fraction of sp³-hybridized carbons (Fsp3) is 0.478. The maximum absolute atomic E-state index is 7.00. The minimum Gasteiger partial charge on any atom is -0.400 e. The molecule has 166 valence electrons. The molecule has 3 N–H and O–H groups in total. The third-order valence-corrected chi connectivity index (χ3v) is 2.93. The van der Waals surface area contributed by atoms with Gasteiger partial charge < -0.3 is 10.2 Å². The van der Waals surface area contributed by atoms with Gasteiger partial charge in [-0.1, -0.05) is 103 Å². The van der Waals surface area contributed by atoms with Crippen LogP contribution in [-0.2, 0) is 0 Å². The van der Waals surface area contributed by atoms with Gasteiger partial charge in [-0.3, -0.25) is 0 Å². The molecule has 0 saturated heterocycles. The van der Waals surface area contributed by atoms with Crippen molar-refractivity contribution in [2.24, 2.45) is 5.11 Å². The van der Waals surface area contributed by atoms with Crippen LogP contribution in [0.15, 0.2) is 65.8 Å². The maximum Gasteiger partial charge on any atom is 0.0485 e. The number of aliphatic hydroxyl groups is 2. The first kappa shape index (κ1) is 41.6. The summed E-state index contributed by atoms with van der Waals surface area (Å²) < 4.78 is 0. The van der Waals surface area contributed by atoms with Crippen molar-refractivity contribution < 1.29 is 48.0 Å². The topological polar surface area (TPSA) is 76.7 Å². The van der Waals surface area contributed by atoms with Crippen LogP contribution in [0, 0.1) is 43.3 Å². The fourth-order valence-electron chi connectivity index (χ4n) is 1.68. The molecule has 2 aromatic rings. The van der Waals surface area contributed by atoms with E-state index in [4.69, 9.17) is 15.7 Å². The number of hydrogen-bond acceptors (Lipinski definition) is 4. The molecule has 28 heavy (non-hydrogen) atoms. The minimum atomic E-state index is 0. The van der Waals surface area contributed by atoms with Crippen molar-refractivity contribution in [1.29, 1.82) is 5.53 Å². The standard InChI is InChI=1S/2C9H12.CH4N2.2CH4O.2CH4.Ar/c2*1-8(2)9-6-4-3-5-7-9;1-3-2;2*1-2;;;/h2*3-8H,1-2H3;2H,1H3;2*2H,1H3;2*1H4;. The molecule has 0 atom stereocenters. The zero-order valence-electron chi connectivity index (χ0n) is 17.1. The first-order valence-corrected chi connectivity index (χ1v) is 8.27. The predicted octanol–water partition coefficient (Wildman–Crippen LogP) is 6.76. The summed E-state index contributed by atoms with van der Waals surface area (Å²) in [6, 6.07) is 21.0. The van der Waals surface area contributed by atoms with Crippen LogP contribution in [-0.4, -0.2) is 31.5 Å². The number of rotatable bonds is 2. The van der Waals surface area contributed by atoms with Gasteiger partial charge in [-0.05, 0) is 23.0 Å². The first-order chi connectivity index (χ1) is 12.0. The molecule has 0 amide bonds. The molecule has 0 aliphatic heterocycles. The van der Waals surface area contributed by atoms with E-state index in [1.54, 1.807) is 0 Å². The van der Waals surface area contributed by atoms with Gasteiger partial charge in [0.2, 0.25) is 0 Å². The minimum absolute atomic E-state index is 0. The van der Waals surface area contributed by atoms with Crippen molar-refractivity contribution >= 4 is 0 Å². The van der Waals surface area contributed by atoms with E-state index in [1.807, 2.05) is 12.1 Å².